The fraction of sp³-hybridized carbons (Fsp3) is 0.600. The summed E-state index contributed by atoms with van der Waals surface area (Å²) in [6, 6.07) is 6.24. The molecule has 1 aliphatic rings. The molecule has 1 aliphatic carbocycles. The molecule has 1 atom stereocenters. The van der Waals surface area contributed by atoms with Crippen LogP contribution in [0.2, 0.25) is 0 Å². The fourth-order valence-corrected chi connectivity index (χ4v) is 4.30. The average Bonchev–Trinajstić information content (AvgIpc) is 3.20. The topological polar surface area (TPSA) is 67.4 Å². The third-order valence-corrected chi connectivity index (χ3v) is 6.04. The van der Waals surface area contributed by atoms with Crippen molar-refractivity contribution in [2.45, 2.75) is 71.8 Å². The molecule has 0 spiro atoms. The Morgan fingerprint density at radius 3 is 2.42 bits per heavy atom. The Bertz CT molecular complexity index is 740. The standard InChI is InChI=1S/C25H37FN2O3/c1-5-31-22(29)9-8-16-27-19(4)23(18(2)3)28-24(30)25(14-6-7-15-25)17-20-10-12-21(26)13-11-20/h10-13,18,23,27H,4-9,14-17H2,1-3H3,(H,28,30). The first-order chi connectivity index (χ1) is 14.8. The van der Waals surface area contributed by atoms with Crippen molar-refractivity contribution in [2.75, 3.05) is 13.2 Å². The Kier molecular flexibility index (Phi) is 9.53. The van der Waals surface area contributed by atoms with Gasteiger partial charge in [0, 0.05) is 18.7 Å². The molecular weight excluding hydrogens is 395 g/mol. The zero-order valence-electron chi connectivity index (χ0n) is 19.1. The summed E-state index contributed by atoms with van der Waals surface area (Å²) in [7, 11) is 0. The summed E-state index contributed by atoms with van der Waals surface area (Å²) in [6.45, 7) is 11.0. The number of rotatable bonds is 12. The SMILES string of the molecule is C=C(NCCCC(=O)OCC)C(NC(=O)C1(Cc2ccc(F)cc2)CCCC1)C(C)C. The zero-order valence-corrected chi connectivity index (χ0v) is 19.1. The van der Waals surface area contributed by atoms with Crippen LogP contribution in [0, 0.1) is 17.2 Å². The van der Waals surface area contributed by atoms with Gasteiger partial charge in [-0.2, -0.15) is 0 Å². The molecule has 172 valence electrons. The minimum absolute atomic E-state index is 0.0440. The van der Waals surface area contributed by atoms with Crippen molar-refractivity contribution in [3.63, 3.8) is 0 Å². The van der Waals surface area contributed by atoms with Crippen LogP contribution in [-0.4, -0.2) is 31.1 Å². The molecule has 2 N–H and O–H groups in total. The Hall–Kier alpha value is -2.37. The number of halogens is 1. The Labute approximate surface area is 185 Å². The number of carbonyl (C=O) groups excluding carboxylic acids is 2. The molecule has 5 nitrogen and oxygen atoms in total. The van der Waals surface area contributed by atoms with E-state index in [-0.39, 0.29) is 29.7 Å². The lowest BCUT2D eigenvalue weighted by atomic mass is 9.78. The van der Waals surface area contributed by atoms with Crippen molar-refractivity contribution in [1.29, 1.82) is 0 Å². The van der Waals surface area contributed by atoms with E-state index in [1.54, 1.807) is 19.1 Å². The molecule has 6 heteroatoms. The normalized spacial score (nSPS) is 16.0. The molecule has 1 saturated carbocycles. The quantitative estimate of drug-likeness (QED) is 0.377. The molecule has 0 bridgehead atoms. The first-order valence-electron chi connectivity index (χ1n) is 11.4. The third-order valence-electron chi connectivity index (χ3n) is 6.04. The predicted octanol–water partition coefficient (Wildman–Crippen LogP) is 4.52. The number of nitrogens with one attached hydrogen (secondary N) is 2. The number of benzene rings is 1. The van der Waals surface area contributed by atoms with Crippen LogP contribution in [0.25, 0.3) is 0 Å². The molecule has 0 aliphatic heterocycles. The Balaban J connectivity index is 1.97. The number of hydrogen-bond acceptors (Lipinski definition) is 4. The lowest BCUT2D eigenvalue weighted by Crippen LogP contribution is -2.49. The highest BCUT2D eigenvalue weighted by Gasteiger charge is 2.42. The number of ether oxygens (including phenoxy) is 1. The summed E-state index contributed by atoms with van der Waals surface area (Å²) in [5.41, 5.74) is 1.27. The number of esters is 1. The van der Waals surface area contributed by atoms with Crippen molar-refractivity contribution in [3.8, 4) is 0 Å². The second kappa shape index (κ2) is 11.9. The second-order valence-corrected chi connectivity index (χ2v) is 8.85. The smallest absolute Gasteiger partial charge is 0.305 e. The lowest BCUT2D eigenvalue weighted by Gasteiger charge is -2.33. The van der Waals surface area contributed by atoms with Gasteiger partial charge in [0.05, 0.1) is 18.1 Å². The summed E-state index contributed by atoms with van der Waals surface area (Å²) < 4.78 is 18.2. The van der Waals surface area contributed by atoms with Crippen LogP contribution in [0.5, 0.6) is 0 Å². The van der Waals surface area contributed by atoms with Crippen molar-refractivity contribution in [2.24, 2.45) is 11.3 Å². The van der Waals surface area contributed by atoms with E-state index in [0.29, 0.717) is 32.4 Å². The van der Waals surface area contributed by atoms with E-state index in [0.717, 1.165) is 36.9 Å². The fourth-order valence-electron chi connectivity index (χ4n) is 4.30. The monoisotopic (exact) mass is 432 g/mol. The van der Waals surface area contributed by atoms with Crippen molar-refractivity contribution < 1.29 is 18.7 Å². The van der Waals surface area contributed by atoms with E-state index in [1.807, 2.05) is 0 Å². The molecule has 1 unspecified atom stereocenters. The number of carbonyl (C=O) groups is 2. The zero-order chi connectivity index (χ0) is 22.9. The van der Waals surface area contributed by atoms with Crippen LogP contribution in [0.4, 0.5) is 4.39 Å². The lowest BCUT2D eigenvalue weighted by molar-refractivity contribution is -0.143. The van der Waals surface area contributed by atoms with E-state index in [9.17, 15) is 14.0 Å². The average molecular weight is 433 g/mol. The van der Waals surface area contributed by atoms with Crippen LogP contribution in [0.15, 0.2) is 36.5 Å². The molecule has 1 amide bonds. The van der Waals surface area contributed by atoms with Gasteiger partial charge in [-0.25, -0.2) is 4.39 Å². The largest absolute Gasteiger partial charge is 0.466 e. The van der Waals surface area contributed by atoms with Gasteiger partial charge in [-0.1, -0.05) is 45.4 Å². The van der Waals surface area contributed by atoms with Crippen LogP contribution < -0.4 is 10.6 Å². The molecule has 0 radical (unpaired) electrons. The summed E-state index contributed by atoms with van der Waals surface area (Å²) >= 11 is 0. The molecule has 2 rings (SSSR count). The van der Waals surface area contributed by atoms with Gasteiger partial charge in [0.1, 0.15) is 5.82 Å². The van der Waals surface area contributed by atoms with Gasteiger partial charge in [0.15, 0.2) is 0 Å². The maximum atomic E-state index is 13.4. The maximum absolute atomic E-state index is 13.4. The molecule has 1 fully saturated rings. The first-order valence-corrected chi connectivity index (χ1v) is 11.4. The summed E-state index contributed by atoms with van der Waals surface area (Å²) in [5, 5.41) is 6.50. The van der Waals surface area contributed by atoms with Crippen molar-refractivity contribution >= 4 is 11.9 Å². The Morgan fingerprint density at radius 2 is 1.84 bits per heavy atom. The molecule has 0 aromatic heterocycles. The maximum Gasteiger partial charge on any atom is 0.305 e. The van der Waals surface area contributed by atoms with Crippen LogP contribution >= 0.6 is 0 Å². The van der Waals surface area contributed by atoms with E-state index in [2.05, 4.69) is 31.1 Å². The van der Waals surface area contributed by atoms with E-state index >= 15 is 0 Å². The highest BCUT2D eigenvalue weighted by Crippen LogP contribution is 2.41. The minimum Gasteiger partial charge on any atom is -0.466 e. The molecular formula is C25H37FN2O3. The summed E-state index contributed by atoms with van der Waals surface area (Å²) in [6.07, 6.45) is 5.32. The van der Waals surface area contributed by atoms with E-state index in [4.69, 9.17) is 4.74 Å². The van der Waals surface area contributed by atoms with Crippen LogP contribution in [0.1, 0.15) is 64.9 Å². The number of hydrogen-bond donors (Lipinski definition) is 2. The van der Waals surface area contributed by atoms with Gasteiger partial charge in [-0.05, 0) is 56.2 Å². The number of amides is 1. The second-order valence-electron chi connectivity index (χ2n) is 8.85. The molecule has 1 aromatic carbocycles. The van der Waals surface area contributed by atoms with Gasteiger partial charge < -0.3 is 15.4 Å². The van der Waals surface area contributed by atoms with E-state index < -0.39 is 5.41 Å². The highest BCUT2D eigenvalue weighted by atomic mass is 19.1. The summed E-state index contributed by atoms with van der Waals surface area (Å²) in [4.78, 5) is 24.9. The van der Waals surface area contributed by atoms with Gasteiger partial charge in [0.2, 0.25) is 5.91 Å². The molecule has 0 heterocycles. The molecule has 1 aromatic rings. The van der Waals surface area contributed by atoms with Gasteiger partial charge in [-0.15, -0.1) is 0 Å². The Morgan fingerprint density at radius 1 is 1.19 bits per heavy atom. The molecule has 31 heavy (non-hydrogen) atoms. The van der Waals surface area contributed by atoms with Crippen molar-refractivity contribution in [1.82, 2.24) is 10.6 Å². The van der Waals surface area contributed by atoms with Crippen LogP contribution in [-0.2, 0) is 20.7 Å². The molecule has 0 saturated heterocycles. The van der Waals surface area contributed by atoms with Crippen molar-refractivity contribution in [3.05, 3.63) is 47.9 Å². The van der Waals surface area contributed by atoms with Gasteiger partial charge >= 0.3 is 5.97 Å². The third kappa shape index (κ3) is 7.37. The summed E-state index contributed by atoms with van der Waals surface area (Å²) in [5.74, 6) is -0.257. The van der Waals surface area contributed by atoms with Gasteiger partial charge in [-0.3, -0.25) is 9.59 Å². The minimum atomic E-state index is -0.463. The van der Waals surface area contributed by atoms with E-state index in [1.165, 1.54) is 12.1 Å². The highest BCUT2D eigenvalue weighted by molar-refractivity contribution is 5.84. The van der Waals surface area contributed by atoms with Gasteiger partial charge in [0.25, 0.3) is 0 Å². The predicted molar refractivity (Wildman–Crippen MR) is 121 cm³/mol. The first kappa shape index (κ1) is 24.9. The van der Waals surface area contributed by atoms with Crippen LogP contribution in [0.3, 0.4) is 0 Å².